The average Bonchev–Trinajstić information content (AvgIpc) is 2.39. The summed E-state index contributed by atoms with van der Waals surface area (Å²) in [4.78, 5) is 11.3. The zero-order chi connectivity index (χ0) is 13.0. The van der Waals surface area contributed by atoms with Gasteiger partial charge in [0, 0.05) is 30.9 Å². The predicted molar refractivity (Wildman–Crippen MR) is 73.2 cm³/mol. The lowest BCUT2D eigenvalue weighted by Crippen LogP contribution is -2.37. The number of hydrogen-bond donors (Lipinski definition) is 1. The summed E-state index contributed by atoms with van der Waals surface area (Å²) in [6, 6.07) is 2.43. The summed E-state index contributed by atoms with van der Waals surface area (Å²) in [5, 5.41) is 3.33. The monoisotopic (exact) mass is 250 g/mol. The Kier molecular flexibility index (Phi) is 4.36. The minimum Gasteiger partial charge on any atom is -0.378 e. The molecular weight excluding hydrogens is 228 g/mol. The molecule has 1 unspecified atom stereocenters. The van der Waals surface area contributed by atoms with E-state index in [1.54, 1.807) is 0 Å². The van der Waals surface area contributed by atoms with Crippen molar-refractivity contribution in [3.8, 4) is 0 Å². The summed E-state index contributed by atoms with van der Waals surface area (Å²) in [6.45, 7) is 9.65. The fraction of sp³-hybridized carbons (Fsp3) is 0.692. The molecule has 0 aromatic carbocycles. The van der Waals surface area contributed by atoms with Crippen LogP contribution in [0.4, 0.5) is 11.8 Å². The Labute approximate surface area is 109 Å². The van der Waals surface area contributed by atoms with E-state index in [2.05, 4.69) is 34.0 Å². The van der Waals surface area contributed by atoms with E-state index >= 15 is 0 Å². The summed E-state index contributed by atoms with van der Waals surface area (Å²) >= 11 is 0. The molecule has 1 saturated heterocycles. The summed E-state index contributed by atoms with van der Waals surface area (Å²) < 4.78 is 5.36. The van der Waals surface area contributed by atoms with Gasteiger partial charge in [-0.25, -0.2) is 4.98 Å². The van der Waals surface area contributed by atoms with Gasteiger partial charge in [0.2, 0.25) is 5.95 Å². The lowest BCUT2D eigenvalue weighted by molar-refractivity contribution is 0.122. The van der Waals surface area contributed by atoms with Crippen LogP contribution in [0.3, 0.4) is 0 Å². The van der Waals surface area contributed by atoms with Gasteiger partial charge in [0.1, 0.15) is 5.82 Å². The Balaban J connectivity index is 2.14. The molecule has 0 amide bonds. The van der Waals surface area contributed by atoms with Crippen molar-refractivity contribution >= 4 is 11.8 Å². The van der Waals surface area contributed by atoms with Crippen LogP contribution in [-0.2, 0) is 4.74 Å². The number of rotatable bonds is 4. The molecule has 1 aromatic heterocycles. The standard InChI is InChI=1S/C13H22N4O/c1-4-10(2)14-13-15-11(3)9-12(16-13)17-5-7-18-8-6-17/h9-10H,4-8H2,1-3H3,(H,14,15,16). The van der Waals surface area contributed by atoms with Gasteiger partial charge in [0.25, 0.3) is 0 Å². The fourth-order valence-electron chi connectivity index (χ4n) is 1.89. The molecule has 1 aliphatic heterocycles. The topological polar surface area (TPSA) is 50.3 Å². The number of hydrogen-bond acceptors (Lipinski definition) is 5. The molecule has 1 fully saturated rings. The Morgan fingerprint density at radius 2 is 2.11 bits per heavy atom. The molecule has 18 heavy (non-hydrogen) atoms. The molecule has 0 spiro atoms. The molecule has 2 heterocycles. The maximum absolute atomic E-state index is 5.36. The third-order valence-electron chi connectivity index (χ3n) is 3.16. The van der Waals surface area contributed by atoms with Gasteiger partial charge in [-0.1, -0.05) is 6.92 Å². The van der Waals surface area contributed by atoms with Gasteiger partial charge in [0.05, 0.1) is 13.2 Å². The molecule has 1 atom stereocenters. The van der Waals surface area contributed by atoms with Crippen LogP contribution in [0.25, 0.3) is 0 Å². The van der Waals surface area contributed by atoms with Crippen LogP contribution >= 0.6 is 0 Å². The first-order valence-electron chi connectivity index (χ1n) is 6.64. The second-order valence-electron chi connectivity index (χ2n) is 4.74. The van der Waals surface area contributed by atoms with E-state index in [1.807, 2.05) is 13.0 Å². The largest absolute Gasteiger partial charge is 0.378 e. The van der Waals surface area contributed by atoms with E-state index in [4.69, 9.17) is 4.74 Å². The highest BCUT2D eigenvalue weighted by Crippen LogP contribution is 2.16. The zero-order valence-corrected chi connectivity index (χ0v) is 11.4. The molecular formula is C13H22N4O. The minimum absolute atomic E-state index is 0.393. The van der Waals surface area contributed by atoms with Gasteiger partial charge >= 0.3 is 0 Å². The Morgan fingerprint density at radius 3 is 2.78 bits per heavy atom. The number of aromatic nitrogens is 2. The molecule has 0 radical (unpaired) electrons. The van der Waals surface area contributed by atoms with Crippen molar-refractivity contribution in [2.24, 2.45) is 0 Å². The summed E-state index contributed by atoms with van der Waals surface area (Å²) in [5.41, 5.74) is 0.997. The highest BCUT2D eigenvalue weighted by atomic mass is 16.5. The highest BCUT2D eigenvalue weighted by molar-refractivity contribution is 5.45. The van der Waals surface area contributed by atoms with Gasteiger partial charge in [0.15, 0.2) is 0 Å². The molecule has 5 nitrogen and oxygen atoms in total. The smallest absolute Gasteiger partial charge is 0.225 e. The third kappa shape index (κ3) is 3.32. The van der Waals surface area contributed by atoms with Crippen molar-refractivity contribution in [2.75, 3.05) is 36.5 Å². The van der Waals surface area contributed by atoms with Gasteiger partial charge in [-0.15, -0.1) is 0 Å². The van der Waals surface area contributed by atoms with Gasteiger partial charge in [-0.3, -0.25) is 0 Å². The number of morpholine rings is 1. The number of nitrogens with zero attached hydrogens (tertiary/aromatic N) is 3. The molecule has 1 N–H and O–H groups in total. The molecule has 1 aliphatic rings. The zero-order valence-electron chi connectivity index (χ0n) is 11.4. The van der Waals surface area contributed by atoms with Crippen LogP contribution in [-0.4, -0.2) is 42.3 Å². The lowest BCUT2D eigenvalue weighted by Gasteiger charge is -2.28. The summed E-state index contributed by atoms with van der Waals surface area (Å²) in [6.07, 6.45) is 1.06. The maximum atomic E-state index is 5.36. The van der Waals surface area contributed by atoms with Crippen LogP contribution in [0.1, 0.15) is 26.0 Å². The number of nitrogens with one attached hydrogen (secondary N) is 1. The van der Waals surface area contributed by atoms with Crippen molar-refractivity contribution in [3.63, 3.8) is 0 Å². The van der Waals surface area contributed by atoms with E-state index in [9.17, 15) is 0 Å². The van der Waals surface area contributed by atoms with Gasteiger partial charge in [-0.05, 0) is 20.3 Å². The SMILES string of the molecule is CCC(C)Nc1nc(C)cc(N2CCOCC2)n1. The molecule has 0 saturated carbocycles. The maximum Gasteiger partial charge on any atom is 0.225 e. The average molecular weight is 250 g/mol. The quantitative estimate of drug-likeness (QED) is 0.883. The second-order valence-corrected chi connectivity index (χ2v) is 4.74. The van der Waals surface area contributed by atoms with Crippen LogP contribution in [0.5, 0.6) is 0 Å². The first kappa shape index (κ1) is 13.1. The Hall–Kier alpha value is -1.36. The minimum atomic E-state index is 0.393. The first-order chi connectivity index (χ1) is 8.69. The Bertz CT molecular complexity index is 391. The second kappa shape index (κ2) is 6.00. The van der Waals surface area contributed by atoms with Crippen LogP contribution in [0.2, 0.25) is 0 Å². The van der Waals surface area contributed by atoms with Crippen molar-refractivity contribution in [2.45, 2.75) is 33.2 Å². The van der Waals surface area contributed by atoms with Crippen molar-refractivity contribution in [3.05, 3.63) is 11.8 Å². The van der Waals surface area contributed by atoms with Crippen molar-refractivity contribution in [1.82, 2.24) is 9.97 Å². The fourth-order valence-corrected chi connectivity index (χ4v) is 1.89. The number of aryl methyl sites for hydroxylation is 1. The number of anilines is 2. The van der Waals surface area contributed by atoms with E-state index in [1.165, 1.54) is 0 Å². The molecule has 2 rings (SSSR count). The van der Waals surface area contributed by atoms with Crippen molar-refractivity contribution in [1.29, 1.82) is 0 Å². The summed E-state index contributed by atoms with van der Waals surface area (Å²) in [7, 11) is 0. The summed E-state index contributed by atoms with van der Waals surface area (Å²) in [5.74, 6) is 1.72. The van der Waals surface area contributed by atoms with E-state index in [-0.39, 0.29) is 0 Å². The molecule has 5 heteroatoms. The molecule has 0 aliphatic carbocycles. The van der Waals surface area contributed by atoms with Crippen molar-refractivity contribution < 1.29 is 4.74 Å². The van der Waals surface area contributed by atoms with Gasteiger partial charge < -0.3 is 15.0 Å². The molecule has 100 valence electrons. The van der Waals surface area contributed by atoms with E-state index < -0.39 is 0 Å². The van der Waals surface area contributed by atoms with E-state index in [0.717, 1.165) is 50.2 Å². The van der Waals surface area contributed by atoms with Crippen LogP contribution < -0.4 is 10.2 Å². The van der Waals surface area contributed by atoms with Crippen LogP contribution in [0, 0.1) is 6.92 Å². The van der Waals surface area contributed by atoms with Crippen LogP contribution in [0.15, 0.2) is 6.07 Å². The Morgan fingerprint density at radius 1 is 1.39 bits per heavy atom. The highest BCUT2D eigenvalue weighted by Gasteiger charge is 2.14. The molecule has 0 bridgehead atoms. The lowest BCUT2D eigenvalue weighted by atomic mass is 10.3. The third-order valence-corrected chi connectivity index (χ3v) is 3.16. The normalized spacial score (nSPS) is 17.6. The number of ether oxygens (including phenoxy) is 1. The van der Waals surface area contributed by atoms with Gasteiger partial charge in [-0.2, -0.15) is 4.98 Å². The predicted octanol–water partition coefficient (Wildman–Crippen LogP) is 1.83. The molecule has 1 aromatic rings. The van der Waals surface area contributed by atoms with E-state index in [0.29, 0.717) is 6.04 Å². The first-order valence-corrected chi connectivity index (χ1v) is 6.64.